The van der Waals surface area contributed by atoms with Gasteiger partial charge in [0.25, 0.3) is 0 Å². The second kappa shape index (κ2) is 6.30. The van der Waals surface area contributed by atoms with Gasteiger partial charge in [-0.05, 0) is 48.1 Å². The van der Waals surface area contributed by atoms with Gasteiger partial charge in [-0.3, -0.25) is 4.79 Å². The lowest BCUT2D eigenvalue weighted by Crippen LogP contribution is -2.46. The van der Waals surface area contributed by atoms with Crippen LogP contribution in [0.15, 0.2) is 18.2 Å². The maximum absolute atomic E-state index is 12.2. The van der Waals surface area contributed by atoms with Gasteiger partial charge in [0.1, 0.15) is 5.75 Å². The fourth-order valence-electron chi connectivity index (χ4n) is 2.33. The molecule has 0 aromatic heterocycles. The molecule has 1 heterocycles. The molecule has 0 aliphatic carbocycles. The Balaban J connectivity index is 2.02. The third-order valence-corrected chi connectivity index (χ3v) is 4.11. The van der Waals surface area contributed by atoms with Gasteiger partial charge in [0.2, 0.25) is 5.91 Å². The van der Waals surface area contributed by atoms with Crippen molar-refractivity contribution < 1.29 is 9.90 Å². The Morgan fingerprint density at radius 3 is 3.05 bits per heavy atom. The van der Waals surface area contributed by atoms with Crippen LogP contribution in [0.2, 0.25) is 0 Å². The van der Waals surface area contributed by atoms with E-state index in [2.05, 4.69) is 0 Å². The number of benzene rings is 1. The molecule has 0 bridgehead atoms. The second-order valence-corrected chi connectivity index (χ2v) is 5.84. The number of hydrogen-bond donors (Lipinski definition) is 2. The molecule has 0 saturated carbocycles. The molecule has 0 fully saturated rings. The summed E-state index contributed by atoms with van der Waals surface area (Å²) >= 11 is 1.70. The predicted octanol–water partition coefficient (Wildman–Crippen LogP) is 1.36. The van der Waals surface area contributed by atoms with Crippen molar-refractivity contribution in [3.05, 3.63) is 29.3 Å². The van der Waals surface area contributed by atoms with Crippen molar-refractivity contribution in [3.8, 4) is 5.75 Å². The Morgan fingerprint density at radius 1 is 1.53 bits per heavy atom. The van der Waals surface area contributed by atoms with E-state index in [9.17, 15) is 9.90 Å². The number of phenolic OH excluding ortho intramolecular Hbond substituents is 1. The van der Waals surface area contributed by atoms with Crippen LogP contribution in [0.1, 0.15) is 17.5 Å². The average molecular weight is 280 g/mol. The maximum atomic E-state index is 12.2. The molecule has 0 radical (unpaired) electrons. The number of carbonyl (C=O) groups excluding carboxylic acids is 1. The van der Waals surface area contributed by atoms with Gasteiger partial charge < -0.3 is 15.7 Å². The van der Waals surface area contributed by atoms with Gasteiger partial charge >= 0.3 is 0 Å². The van der Waals surface area contributed by atoms with Gasteiger partial charge in [-0.25, -0.2) is 0 Å². The SMILES string of the molecule is CSCC[C@H](N)C(=O)N1CCc2ccc(O)cc2C1. The van der Waals surface area contributed by atoms with E-state index in [0.717, 1.165) is 17.7 Å². The molecule has 1 aromatic rings. The highest BCUT2D eigenvalue weighted by atomic mass is 32.2. The molecule has 2 rings (SSSR count). The zero-order valence-corrected chi connectivity index (χ0v) is 11.9. The summed E-state index contributed by atoms with van der Waals surface area (Å²) < 4.78 is 0. The number of thioether (sulfide) groups is 1. The average Bonchev–Trinajstić information content (AvgIpc) is 2.43. The van der Waals surface area contributed by atoms with Crippen LogP contribution in [0.5, 0.6) is 5.75 Å². The quantitative estimate of drug-likeness (QED) is 0.874. The van der Waals surface area contributed by atoms with E-state index in [1.165, 1.54) is 5.56 Å². The summed E-state index contributed by atoms with van der Waals surface area (Å²) in [6, 6.07) is 4.95. The summed E-state index contributed by atoms with van der Waals surface area (Å²) in [6.45, 7) is 1.26. The number of nitrogens with two attached hydrogens (primary N) is 1. The number of rotatable bonds is 4. The summed E-state index contributed by atoms with van der Waals surface area (Å²) in [5.74, 6) is 1.17. The lowest BCUT2D eigenvalue weighted by Gasteiger charge is -2.31. The third-order valence-electron chi connectivity index (χ3n) is 3.46. The van der Waals surface area contributed by atoms with Crippen LogP contribution in [-0.2, 0) is 17.8 Å². The first-order chi connectivity index (χ1) is 9.11. The number of hydrogen-bond acceptors (Lipinski definition) is 4. The van der Waals surface area contributed by atoms with E-state index in [4.69, 9.17) is 5.73 Å². The van der Waals surface area contributed by atoms with Crippen molar-refractivity contribution in [3.63, 3.8) is 0 Å². The minimum atomic E-state index is -0.411. The van der Waals surface area contributed by atoms with Gasteiger partial charge in [-0.2, -0.15) is 11.8 Å². The zero-order chi connectivity index (χ0) is 13.8. The van der Waals surface area contributed by atoms with Crippen LogP contribution in [0.4, 0.5) is 0 Å². The summed E-state index contributed by atoms with van der Waals surface area (Å²) in [4.78, 5) is 14.0. The highest BCUT2D eigenvalue weighted by Crippen LogP contribution is 2.23. The van der Waals surface area contributed by atoms with Crippen molar-refractivity contribution in [1.82, 2.24) is 4.90 Å². The van der Waals surface area contributed by atoms with Gasteiger partial charge in [-0.1, -0.05) is 6.07 Å². The fourth-order valence-corrected chi connectivity index (χ4v) is 2.82. The Labute approximate surface area is 118 Å². The van der Waals surface area contributed by atoms with Crippen LogP contribution in [0.3, 0.4) is 0 Å². The Hall–Kier alpha value is -1.20. The second-order valence-electron chi connectivity index (χ2n) is 4.85. The molecule has 4 nitrogen and oxygen atoms in total. The van der Waals surface area contributed by atoms with E-state index in [-0.39, 0.29) is 11.7 Å². The smallest absolute Gasteiger partial charge is 0.239 e. The summed E-state index contributed by atoms with van der Waals surface area (Å²) in [6.07, 6.45) is 3.55. The van der Waals surface area contributed by atoms with Crippen molar-refractivity contribution in [1.29, 1.82) is 0 Å². The highest BCUT2D eigenvalue weighted by molar-refractivity contribution is 7.98. The lowest BCUT2D eigenvalue weighted by atomic mass is 9.99. The largest absolute Gasteiger partial charge is 0.508 e. The maximum Gasteiger partial charge on any atom is 0.239 e. The van der Waals surface area contributed by atoms with Crippen molar-refractivity contribution in [2.75, 3.05) is 18.6 Å². The monoisotopic (exact) mass is 280 g/mol. The molecule has 19 heavy (non-hydrogen) atoms. The van der Waals surface area contributed by atoms with Gasteiger partial charge in [0.05, 0.1) is 6.04 Å². The van der Waals surface area contributed by atoms with Crippen LogP contribution >= 0.6 is 11.8 Å². The number of amides is 1. The van der Waals surface area contributed by atoms with Crippen LogP contribution in [-0.4, -0.2) is 40.5 Å². The number of carbonyl (C=O) groups is 1. The molecule has 1 amide bonds. The number of phenols is 1. The normalized spacial score (nSPS) is 16.0. The zero-order valence-electron chi connectivity index (χ0n) is 11.1. The Bertz CT molecular complexity index is 465. The van der Waals surface area contributed by atoms with E-state index in [0.29, 0.717) is 19.5 Å². The molecule has 0 saturated heterocycles. The van der Waals surface area contributed by atoms with E-state index < -0.39 is 6.04 Å². The molecule has 0 unspecified atom stereocenters. The lowest BCUT2D eigenvalue weighted by molar-refractivity contribution is -0.133. The van der Waals surface area contributed by atoms with Crippen LogP contribution in [0, 0.1) is 0 Å². The standard InChI is InChI=1S/C14H20N2O2S/c1-19-7-5-13(15)14(18)16-6-4-10-2-3-12(17)8-11(10)9-16/h2-3,8,13,17H,4-7,9,15H2,1H3/t13-/m0/s1. The third kappa shape index (κ3) is 3.42. The van der Waals surface area contributed by atoms with Crippen LogP contribution < -0.4 is 5.73 Å². The number of aromatic hydroxyl groups is 1. The van der Waals surface area contributed by atoms with E-state index in [1.807, 2.05) is 12.3 Å². The van der Waals surface area contributed by atoms with Crippen molar-refractivity contribution >= 4 is 17.7 Å². The molecular formula is C14H20N2O2S. The van der Waals surface area contributed by atoms with E-state index in [1.54, 1.807) is 28.8 Å². The number of nitrogens with zero attached hydrogens (tertiary/aromatic N) is 1. The minimum Gasteiger partial charge on any atom is -0.508 e. The molecule has 1 aliphatic heterocycles. The van der Waals surface area contributed by atoms with E-state index >= 15 is 0 Å². The first kappa shape index (κ1) is 14.2. The van der Waals surface area contributed by atoms with Gasteiger partial charge in [0, 0.05) is 13.1 Å². The highest BCUT2D eigenvalue weighted by Gasteiger charge is 2.24. The molecule has 0 spiro atoms. The van der Waals surface area contributed by atoms with Crippen LogP contribution in [0.25, 0.3) is 0 Å². The molecule has 1 atom stereocenters. The summed E-state index contributed by atoms with van der Waals surface area (Å²) in [5, 5.41) is 9.51. The first-order valence-corrected chi connectivity index (χ1v) is 7.85. The van der Waals surface area contributed by atoms with Gasteiger partial charge in [0.15, 0.2) is 0 Å². The number of fused-ring (bicyclic) bond motifs is 1. The molecule has 104 valence electrons. The molecule has 3 N–H and O–H groups in total. The molecule has 1 aliphatic rings. The topological polar surface area (TPSA) is 66.6 Å². The summed E-state index contributed by atoms with van der Waals surface area (Å²) in [5.41, 5.74) is 8.16. The fraction of sp³-hybridized carbons (Fsp3) is 0.500. The van der Waals surface area contributed by atoms with Crippen molar-refractivity contribution in [2.24, 2.45) is 5.73 Å². The Morgan fingerprint density at radius 2 is 2.32 bits per heavy atom. The molecular weight excluding hydrogens is 260 g/mol. The predicted molar refractivity (Wildman–Crippen MR) is 78.2 cm³/mol. The Kier molecular flexibility index (Phi) is 4.71. The van der Waals surface area contributed by atoms with Crippen molar-refractivity contribution in [2.45, 2.75) is 25.4 Å². The van der Waals surface area contributed by atoms with Gasteiger partial charge in [-0.15, -0.1) is 0 Å². The molecule has 5 heteroatoms. The first-order valence-electron chi connectivity index (χ1n) is 6.46. The summed E-state index contributed by atoms with van der Waals surface area (Å²) in [7, 11) is 0. The molecule has 1 aromatic carbocycles. The minimum absolute atomic E-state index is 0.0167.